The van der Waals surface area contributed by atoms with Crippen LogP contribution in [0.15, 0.2) is 36.5 Å². The molecular formula is C17H20N2O3. The van der Waals surface area contributed by atoms with Crippen molar-refractivity contribution in [1.29, 1.82) is 0 Å². The van der Waals surface area contributed by atoms with Gasteiger partial charge in [0.05, 0.1) is 31.8 Å². The van der Waals surface area contributed by atoms with E-state index in [9.17, 15) is 4.79 Å². The van der Waals surface area contributed by atoms with E-state index in [-0.39, 0.29) is 12.1 Å². The number of para-hydroxylation sites is 1. The van der Waals surface area contributed by atoms with Gasteiger partial charge >= 0.3 is 5.97 Å². The summed E-state index contributed by atoms with van der Waals surface area (Å²) < 4.78 is 10.4. The summed E-state index contributed by atoms with van der Waals surface area (Å²) in [5.41, 5.74) is 2.25. The number of fused-ring (bicyclic) bond motifs is 1. The lowest BCUT2D eigenvalue weighted by molar-refractivity contribution is -0.145. The Balaban J connectivity index is 1.70. The quantitative estimate of drug-likeness (QED) is 0.808. The predicted octanol–water partition coefficient (Wildman–Crippen LogP) is 2.00. The summed E-state index contributed by atoms with van der Waals surface area (Å²) in [5.74, 6) is -0.223. The van der Waals surface area contributed by atoms with E-state index in [1.54, 1.807) is 0 Å². The SMILES string of the molecule is COC(=O)C[C@H]1CN(Cc2cccc3cccnc23)CCO1. The van der Waals surface area contributed by atoms with E-state index in [4.69, 9.17) is 9.47 Å². The first-order chi connectivity index (χ1) is 10.8. The van der Waals surface area contributed by atoms with E-state index >= 15 is 0 Å². The third kappa shape index (κ3) is 3.43. The summed E-state index contributed by atoms with van der Waals surface area (Å²) in [6.07, 6.45) is 2.04. The molecule has 2 heterocycles. The number of rotatable bonds is 4. The zero-order chi connectivity index (χ0) is 15.4. The highest BCUT2D eigenvalue weighted by molar-refractivity contribution is 5.81. The Morgan fingerprint density at radius 3 is 3.14 bits per heavy atom. The lowest BCUT2D eigenvalue weighted by Crippen LogP contribution is -2.42. The van der Waals surface area contributed by atoms with Gasteiger partial charge < -0.3 is 9.47 Å². The average Bonchev–Trinajstić information content (AvgIpc) is 2.55. The van der Waals surface area contributed by atoms with Gasteiger partial charge in [0.2, 0.25) is 0 Å². The summed E-state index contributed by atoms with van der Waals surface area (Å²) in [6.45, 7) is 3.05. The van der Waals surface area contributed by atoms with Gasteiger partial charge in [0.1, 0.15) is 0 Å². The molecule has 0 bridgehead atoms. The predicted molar refractivity (Wildman–Crippen MR) is 83.4 cm³/mol. The van der Waals surface area contributed by atoms with E-state index < -0.39 is 0 Å². The van der Waals surface area contributed by atoms with Crippen LogP contribution in [0.4, 0.5) is 0 Å². The molecule has 0 unspecified atom stereocenters. The Kier molecular flexibility index (Phi) is 4.65. The van der Waals surface area contributed by atoms with Crippen molar-refractivity contribution in [2.45, 2.75) is 19.1 Å². The first-order valence-corrected chi connectivity index (χ1v) is 7.49. The molecule has 0 aliphatic carbocycles. The Morgan fingerprint density at radius 2 is 2.27 bits per heavy atom. The largest absolute Gasteiger partial charge is 0.469 e. The van der Waals surface area contributed by atoms with Gasteiger partial charge in [-0.1, -0.05) is 24.3 Å². The Morgan fingerprint density at radius 1 is 1.41 bits per heavy atom. The van der Waals surface area contributed by atoms with E-state index in [0.29, 0.717) is 13.0 Å². The van der Waals surface area contributed by atoms with Gasteiger partial charge in [-0.3, -0.25) is 14.7 Å². The highest BCUT2D eigenvalue weighted by Crippen LogP contribution is 2.19. The number of hydrogen-bond acceptors (Lipinski definition) is 5. The molecule has 1 aromatic heterocycles. The summed E-state index contributed by atoms with van der Waals surface area (Å²) in [4.78, 5) is 18.2. The molecule has 1 fully saturated rings. The second-order valence-electron chi connectivity index (χ2n) is 5.50. The molecule has 0 radical (unpaired) electrons. The van der Waals surface area contributed by atoms with Gasteiger partial charge in [-0.25, -0.2) is 0 Å². The molecular weight excluding hydrogens is 280 g/mol. The minimum Gasteiger partial charge on any atom is -0.469 e. The first-order valence-electron chi connectivity index (χ1n) is 7.49. The molecule has 1 aliphatic rings. The minimum absolute atomic E-state index is 0.0934. The molecule has 1 aliphatic heterocycles. The lowest BCUT2D eigenvalue weighted by Gasteiger charge is -2.32. The molecule has 0 spiro atoms. The monoisotopic (exact) mass is 300 g/mol. The number of nitrogens with zero attached hydrogens (tertiary/aromatic N) is 2. The lowest BCUT2D eigenvalue weighted by atomic mass is 10.1. The van der Waals surface area contributed by atoms with Crippen LogP contribution < -0.4 is 0 Å². The highest BCUT2D eigenvalue weighted by Gasteiger charge is 2.23. The van der Waals surface area contributed by atoms with E-state index in [1.165, 1.54) is 12.7 Å². The molecule has 22 heavy (non-hydrogen) atoms. The molecule has 0 amide bonds. The fourth-order valence-electron chi connectivity index (χ4n) is 2.85. The van der Waals surface area contributed by atoms with Crippen molar-refractivity contribution in [2.24, 2.45) is 0 Å². The van der Waals surface area contributed by atoms with Gasteiger partial charge in [0, 0.05) is 31.2 Å². The average molecular weight is 300 g/mol. The van der Waals surface area contributed by atoms with Gasteiger partial charge in [0.15, 0.2) is 0 Å². The van der Waals surface area contributed by atoms with Crippen molar-refractivity contribution in [2.75, 3.05) is 26.8 Å². The summed E-state index contributed by atoms with van der Waals surface area (Å²) in [5, 5.41) is 1.15. The molecule has 5 nitrogen and oxygen atoms in total. The number of carbonyl (C=O) groups excluding carboxylic acids is 1. The number of carbonyl (C=O) groups is 1. The second kappa shape index (κ2) is 6.85. The molecule has 5 heteroatoms. The maximum Gasteiger partial charge on any atom is 0.308 e. The number of aromatic nitrogens is 1. The number of methoxy groups -OCH3 is 1. The molecule has 116 valence electrons. The maximum absolute atomic E-state index is 11.4. The molecule has 1 aromatic carbocycles. The van der Waals surface area contributed by atoms with Crippen LogP contribution in [0.3, 0.4) is 0 Å². The zero-order valence-corrected chi connectivity index (χ0v) is 12.7. The van der Waals surface area contributed by atoms with Crippen LogP contribution in [0, 0.1) is 0 Å². The standard InChI is InChI=1S/C17H20N2O3/c1-21-16(20)10-15-12-19(8-9-22-15)11-14-5-2-4-13-6-3-7-18-17(13)14/h2-7,15H,8-12H2,1H3/t15-/m0/s1. The van der Waals surface area contributed by atoms with E-state index in [0.717, 1.165) is 30.5 Å². The molecule has 0 saturated carbocycles. The number of esters is 1. The van der Waals surface area contributed by atoms with Gasteiger partial charge in [0.25, 0.3) is 0 Å². The van der Waals surface area contributed by atoms with Crippen molar-refractivity contribution >= 4 is 16.9 Å². The van der Waals surface area contributed by atoms with Crippen molar-refractivity contribution in [3.8, 4) is 0 Å². The molecule has 0 N–H and O–H groups in total. The second-order valence-corrected chi connectivity index (χ2v) is 5.50. The number of ether oxygens (including phenoxy) is 2. The van der Waals surface area contributed by atoms with E-state index in [1.807, 2.05) is 12.3 Å². The number of morpholine rings is 1. The van der Waals surface area contributed by atoms with Crippen LogP contribution >= 0.6 is 0 Å². The fourth-order valence-corrected chi connectivity index (χ4v) is 2.85. The zero-order valence-electron chi connectivity index (χ0n) is 12.7. The minimum atomic E-state index is -0.223. The van der Waals surface area contributed by atoms with Crippen LogP contribution in [-0.4, -0.2) is 48.8 Å². The maximum atomic E-state index is 11.4. The van der Waals surface area contributed by atoms with Crippen LogP contribution in [0.2, 0.25) is 0 Å². The summed E-state index contributed by atoms with van der Waals surface area (Å²) in [6, 6.07) is 10.3. The third-order valence-electron chi connectivity index (χ3n) is 3.96. The topological polar surface area (TPSA) is 51.7 Å². The van der Waals surface area contributed by atoms with Crippen LogP contribution in [0.1, 0.15) is 12.0 Å². The number of hydrogen-bond donors (Lipinski definition) is 0. The Labute approximate surface area is 129 Å². The van der Waals surface area contributed by atoms with Gasteiger partial charge in [-0.15, -0.1) is 0 Å². The summed E-state index contributed by atoms with van der Waals surface area (Å²) >= 11 is 0. The van der Waals surface area contributed by atoms with Gasteiger partial charge in [-0.05, 0) is 11.6 Å². The van der Waals surface area contributed by atoms with Crippen molar-refractivity contribution < 1.29 is 14.3 Å². The van der Waals surface area contributed by atoms with E-state index in [2.05, 4.69) is 34.1 Å². The molecule has 1 saturated heterocycles. The smallest absolute Gasteiger partial charge is 0.308 e. The Bertz CT molecular complexity index is 654. The Hall–Kier alpha value is -1.98. The third-order valence-corrected chi connectivity index (χ3v) is 3.96. The molecule has 2 aromatic rings. The van der Waals surface area contributed by atoms with Gasteiger partial charge in [-0.2, -0.15) is 0 Å². The molecule has 3 rings (SSSR count). The van der Waals surface area contributed by atoms with Crippen molar-refractivity contribution in [1.82, 2.24) is 9.88 Å². The number of benzene rings is 1. The van der Waals surface area contributed by atoms with Crippen molar-refractivity contribution in [3.05, 3.63) is 42.1 Å². The van der Waals surface area contributed by atoms with Crippen LogP contribution in [0.5, 0.6) is 0 Å². The number of pyridine rings is 1. The fraction of sp³-hybridized carbons (Fsp3) is 0.412. The normalized spacial score (nSPS) is 19.2. The van der Waals surface area contributed by atoms with Crippen LogP contribution in [0.25, 0.3) is 10.9 Å². The van der Waals surface area contributed by atoms with Crippen molar-refractivity contribution in [3.63, 3.8) is 0 Å². The highest BCUT2D eigenvalue weighted by atomic mass is 16.5. The molecule has 1 atom stereocenters. The first kappa shape index (κ1) is 14.9. The van der Waals surface area contributed by atoms with Crippen LogP contribution in [-0.2, 0) is 20.8 Å². The summed E-state index contributed by atoms with van der Waals surface area (Å²) in [7, 11) is 1.41.